The molecule has 2 aliphatic rings. The molecule has 0 spiro atoms. The van der Waals surface area contributed by atoms with Gasteiger partial charge in [0.25, 0.3) is 0 Å². The second-order valence-corrected chi connectivity index (χ2v) is 4.48. The second-order valence-electron chi connectivity index (χ2n) is 4.48. The molecule has 0 aliphatic carbocycles. The zero-order chi connectivity index (χ0) is 9.42. The summed E-state index contributed by atoms with van der Waals surface area (Å²) in [5.74, 6) is 0. The van der Waals surface area contributed by atoms with E-state index in [4.69, 9.17) is 0 Å². The first-order valence-corrected chi connectivity index (χ1v) is 5.44. The molecule has 76 valence electrons. The summed E-state index contributed by atoms with van der Waals surface area (Å²) in [5.41, 5.74) is 3.30. The van der Waals surface area contributed by atoms with Gasteiger partial charge in [0.2, 0.25) is 0 Å². The predicted molar refractivity (Wildman–Crippen MR) is 54.4 cm³/mol. The molecule has 0 aromatic rings. The van der Waals surface area contributed by atoms with E-state index in [1.807, 2.05) is 7.05 Å². The molecular formula is C10H21N3. The molecule has 13 heavy (non-hydrogen) atoms. The lowest BCUT2D eigenvalue weighted by atomic mass is 9.86. The minimum Gasteiger partial charge on any atom is -0.295 e. The highest BCUT2D eigenvalue weighted by atomic mass is 15.6. The van der Waals surface area contributed by atoms with E-state index in [1.54, 1.807) is 0 Å². The van der Waals surface area contributed by atoms with E-state index >= 15 is 0 Å². The average molecular weight is 183 g/mol. The van der Waals surface area contributed by atoms with Crippen LogP contribution in [0.25, 0.3) is 0 Å². The zero-order valence-electron chi connectivity index (χ0n) is 8.95. The van der Waals surface area contributed by atoms with Crippen molar-refractivity contribution in [2.45, 2.75) is 44.8 Å². The Morgan fingerprint density at radius 1 is 1.31 bits per heavy atom. The van der Waals surface area contributed by atoms with Gasteiger partial charge >= 0.3 is 0 Å². The zero-order valence-corrected chi connectivity index (χ0v) is 8.95. The number of piperidine rings is 1. The SMILES string of the molecule is CNN1CCCC2C1CN2C(C)C. The van der Waals surface area contributed by atoms with E-state index in [0.717, 1.165) is 18.1 Å². The molecule has 3 heteroatoms. The molecule has 0 bridgehead atoms. The Morgan fingerprint density at radius 3 is 2.69 bits per heavy atom. The lowest BCUT2D eigenvalue weighted by Gasteiger charge is -2.57. The van der Waals surface area contributed by atoms with E-state index in [-0.39, 0.29) is 0 Å². The Hall–Kier alpha value is -0.120. The Kier molecular flexibility index (Phi) is 2.58. The van der Waals surface area contributed by atoms with Crippen LogP contribution in [0.5, 0.6) is 0 Å². The maximum atomic E-state index is 3.30. The second kappa shape index (κ2) is 3.56. The molecule has 1 N–H and O–H groups in total. The third-order valence-electron chi connectivity index (χ3n) is 3.52. The minimum absolute atomic E-state index is 0.720. The maximum absolute atomic E-state index is 3.30. The van der Waals surface area contributed by atoms with Crippen LogP contribution in [0.4, 0.5) is 0 Å². The quantitative estimate of drug-likeness (QED) is 0.679. The standard InChI is InChI=1S/C10H21N3/c1-8(2)12-7-10-9(12)5-4-6-13(10)11-3/h8-11H,4-7H2,1-3H3. The van der Waals surface area contributed by atoms with Gasteiger partial charge in [-0.2, -0.15) is 0 Å². The summed E-state index contributed by atoms with van der Waals surface area (Å²) in [6.45, 7) is 7.08. The van der Waals surface area contributed by atoms with Gasteiger partial charge in [-0.25, -0.2) is 5.01 Å². The lowest BCUT2D eigenvalue weighted by Crippen LogP contribution is -2.72. The van der Waals surface area contributed by atoms with Gasteiger partial charge in [0.05, 0.1) is 6.04 Å². The van der Waals surface area contributed by atoms with Crippen molar-refractivity contribution in [3.05, 3.63) is 0 Å². The molecule has 2 rings (SSSR count). The number of nitrogens with one attached hydrogen (secondary N) is 1. The van der Waals surface area contributed by atoms with Crippen molar-refractivity contribution < 1.29 is 0 Å². The van der Waals surface area contributed by atoms with Crippen LogP contribution in [-0.2, 0) is 0 Å². The molecule has 2 aliphatic heterocycles. The van der Waals surface area contributed by atoms with Gasteiger partial charge in [0, 0.05) is 25.2 Å². The third-order valence-corrected chi connectivity index (χ3v) is 3.52. The number of likely N-dealkylation sites (tertiary alicyclic amines) is 1. The van der Waals surface area contributed by atoms with Crippen LogP contribution in [0.3, 0.4) is 0 Å². The minimum atomic E-state index is 0.720. The van der Waals surface area contributed by atoms with E-state index in [2.05, 4.69) is 29.2 Å². The van der Waals surface area contributed by atoms with Crippen molar-refractivity contribution in [3.8, 4) is 0 Å². The first kappa shape index (κ1) is 9.44. The van der Waals surface area contributed by atoms with Crippen LogP contribution in [0.15, 0.2) is 0 Å². The number of fused-ring (bicyclic) bond motifs is 1. The molecule has 2 saturated heterocycles. The number of hydrogen-bond donors (Lipinski definition) is 1. The molecule has 0 aromatic carbocycles. The molecule has 2 unspecified atom stereocenters. The van der Waals surface area contributed by atoms with Crippen LogP contribution < -0.4 is 5.43 Å². The third kappa shape index (κ3) is 1.49. The van der Waals surface area contributed by atoms with Crippen LogP contribution in [0.2, 0.25) is 0 Å². The number of hydrogen-bond acceptors (Lipinski definition) is 3. The van der Waals surface area contributed by atoms with Crippen LogP contribution in [-0.4, -0.2) is 48.2 Å². The van der Waals surface area contributed by atoms with E-state index in [1.165, 1.54) is 25.9 Å². The fourth-order valence-corrected chi connectivity index (χ4v) is 2.73. The van der Waals surface area contributed by atoms with Gasteiger partial charge in [-0.3, -0.25) is 10.3 Å². The monoisotopic (exact) mass is 183 g/mol. The van der Waals surface area contributed by atoms with Crippen molar-refractivity contribution in [1.82, 2.24) is 15.3 Å². The maximum Gasteiger partial charge on any atom is 0.0526 e. The molecule has 0 amide bonds. The summed E-state index contributed by atoms with van der Waals surface area (Å²) < 4.78 is 0. The highest BCUT2D eigenvalue weighted by Gasteiger charge is 2.44. The normalized spacial score (nSPS) is 36.0. The fourth-order valence-electron chi connectivity index (χ4n) is 2.73. The first-order chi connectivity index (χ1) is 6.24. The van der Waals surface area contributed by atoms with Crippen molar-refractivity contribution in [2.24, 2.45) is 0 Å². The smallest absolute Gasteiger partial charge is 0.0526 e. The van der Waals surface area contributed by atoms with Crippen molar-refractivity contribution in [1.29, 1.82) is 0 Å². The molecule has 0 radical (unpaired) electrons. The number of hydrazine groups is 1. The Labute approximate surface area is 81.1 Å². The van der Waals surface area contributed by atoms with Crippen LogP contribution in [0.1, 0.15) is 26.7 Å². The molecule has 2 atom stereocenters. The number of rotatable bonds is 2. The highest BCUT2D eigenvalue weighted by molar-refractivity contribution is 5.01. The van der Waals surface area contributed by atoms with Crippen LogP contribution in [0, 0.1) is 0 Å². The van der Waals surface area contributed by atoms with Gasteiger partial charge < -0.3 is 0 Å². The van der Waals surface area contributed by atoms with E-state index < -0.39 is 0 Å². The Morgan fingerprint density at radius 2 is 2.08 bits per heavy atom. The lowest BCUT2D eigenvalue weighted by molar-refractivity contribution is -0.0915. The number of nitrogens with zero attached hydrogens (tertiary/aromatic N) is 2. The van der Waals surface area contributed by atoms with E-state index in [0.29, 0.717) is 0 Å². The molecular weight excluding hydrogens is 162 g/mol. The van der Waals surface area contributed by atoms with Crippen molar-refractivity contribution in [3.63, 3.8) is 0 Å². The largest absolute Gasteiger partial charge is 0.295 e. The summed E-state index contributed by atoms with van der Waals surface area (Å²) >= 11 is 0. The highest BCUT2D eigenvalue weighted by Crippen LogP contribution is 2.31. The summed E-state index contributed by atoms with van der Waals surface area (Å²) in [7, 11) is 2.04. The molecule has 3 nitrogen and oxygen atoms in total. The average Bonchev–Trinajstić information content (AvgIpc) is 2.05. The Balaban J connectivity index is 1.95. The van der Waals surface area contributed by atoms with Gasteiger partial charge in [0.15, 0.2) is 0 Å². The molecule has 2 heterocycles. The topological polar surface area (TPSA) is 18.5 Å². The molecule has 0 aromatic heterocycles. The summed E-state index contributed by atoms with van der Waals surface area (Å²) in [5, 5.41) is 2.41. The molecule has 0 saturated carbocycles. The summed E-state index contributed by atoms with van der Waals surface area (Å²) in [4.78, 5) is 2.62. The van der Waals surface area contributed by atoms with Crippen LogP contribution >= 0.6 is 0 Å². The summed E-state index contributed by atoms with van der Waals surface area (Å²) in [6, 6.07) is 2.32. The van der Waals surface area contributed by atoms with Crippen molar-refractivity contribution in [2.75, 3.05) is 20.1 Å². The van der Waals surface area contributed by atoms with Crippen molar-refractivity contribution >= 4 is 0 Å². The fraction of sp³-hybridized carbons (Fsp3) is 1.00. The Bertz CT molecular complexity index is 181. The predicted octanol–water partition coefficient (Wildman–Crippen LogP) is 0.678. The summed E-state index contributed by atoms with van der Waals surface area (Å²) in [6.07, 6.45) is 2.73. The first-order valence-electron chi connectivity index (χ1n) is 5.44. The van der Waals surface area contributed by atoms with Gasteiger partial charge in [0.1, 0.15) is 0 Å². The molecule has 2 fully saturated rings. The van der Waals surface area contributed by atoms with Gasteiger partial charge in [-0.15, -0.1) is 0 Å². The van der Waals surface area contributed by atoms with Gasteiger partial charge in [-0.1, -0.05) is 0 Å². The van der Waals surface area contributed by atoms with E-state index in [9.17, 15) is 0 Å². The van der Waals surface area contributed by atoms with Gasteiger partial charge in [-0.05, 0) is 33.7 Å².